The Bertz CT molecular complexity index is 1110. The van der Waals surface area contributed by atoms with Crippen molar-refractivity contribution in [3.05, 3.63) is 66.1 Å². The smallest absolute Gasteiger partial charge is 0.260 e. The molecule has 6 N–H and O–H groups in total. The molecule has 1 aromatic carbocycles. The van der Waals surface area contributed by atoms with Crippen molar-refractivity contribution in [2.75, 3.05) is 34.4 Å². The number of pyridine rings is 1. The molecule has 0 spiro atoms. The lowest BCUT2D eigenvalue weighted by atomic mass is 10.2. The number of aromatic nitrogens is 3. The van der Waals surface area contributed by atoms with Crippen molar-refractivity contribution in [1.29, 1.82) is 0 Å². The van der Waals surface area contributed by atoms with E-state index in [0.29, 0.717) is 41.8 Å². The van der Waals surface area contributed by atoms with Crippen molar-refractivity contribution in [2.45, 2.75) is 32.7 Å². The van der Waals surface area contributed by atoms with Gasteiger partial charge in [-0.15, -0.1) is 0 Å². The van der Waals surface area contributed by atoms with E-state index in [4.69, 9.17) is 5.73 Å². The zero-order valence-corrected chi connectivity index (χ0v) is 19.3. The molecule has 178 valence electrons. The van der Waals surface area contributed by atoms with Crippen molar-refractivity contribution < 1.29 is 9.59 Å². The Morgan fingerprint density at radius 1 is 1.03 bits per heavy atom. The van der Waals surface area contributed by atoms with Crippen LogP contribution in [0.3, 0.4) is 0 Å². The highest BCUT2D eigenvalue weighted by atomic mass is 16.2. The summed E-state index contributed by atoms with van der Waals surface area (Å²) in [4.78, 5) is 37.7. The first-order valence-corrected chi connectivity index (χ1v) is 11.2. The minimum atomic E-state index is -0.639. The molecule has 3 rings (SSSR count). The van der Waals surface area contributed by atoms with Gasteiger partial charge in [0.2, 0.25) is 11.9 Å². The van der Waals surface area contributed by atoms with E-state index in [2.05, 4.69) is 36.2 Å². The average molecular weight is 463 g/mol. The number of carbonyl (C=O) groups excluding carboxylic acids is 2. The second-order valence-corrected chi connectivity index (χ2v) is 7.73. The normalized spacial score (nSPS) is 11.4. The van der Waals surface area contributed by atoms with Crippen LogP contribution >= 0.6 is 0 Å². The summed E-state index contributed by atoms with van der Waals surface area (Å²) in [6.45, 7) is 4.93. The van der Waals surface area contributed by atoms with E-state index < -0.39 is 6.04 Å². The Hall–Kier alpha value is -4.05. The summed E-state index contributed by atoms with van der Waals surface area (Å²) in [7, 11) is 0. The van der Waals surface area contributed by atoms with Gasteiger partial charge in [-0.1, -0.05) is 13.0 Å². The second-order valence-electron chi connectivity index (χ2n) is 7.73. The zero-order chi connectivity index (χ0) is 24.3. The highest BCUT2D eigenvalue weighted by Gasteiger charge is 2.16. The minimum absolute atomic E-state index is 0.310. The third-order valence-electron chi connectivity index (χ3n) is 4.82. The lowest BCUT2D eigenvalue weighted by molar-refractivity contribution is -0.117. The summed E-state index contributed by atoms with van der Waals surface area (Å²) in [5.74, 6) is 0.208. The SMILES string of the molecule is CCCNc1nc(NCCc2ccncc2)ncc1C(=O)Nc1cccc(NC(=O)[C@H](C)N)c1. The fourth-order valence-corrected chi connectivity index (χ4v) is 3.01. The summed E-state index contributed by atoms with van der Waals surface area (Å²) < 4.78 is 0. The van der Waals surface area contributed by atoms with Gasteiger partial charge in [0.05, 0.1) is 6.04 Å². The van der Waals surface area contributed by atoms with Gasteiger partial charge in [-0.05, 0) is 55.7 Å². The number of nitrogens with one attached hydrogen (secondary N) is 4. The van der Waals surface area contributed by atoms with Crippen LogP contribution in [0.1, 0.15) is 36.2 Å². The molecule has 0 aliphatic heterocycles. The molecule has 0 fully saturated rings. The Labute approximate surface area is 198 Å². The van der Waals surface area contributed by atoms with Gasteiger partial charge in [0.15, 0.2) is 0 Å². The lowest BCUT2D eigenvalue weighted by Gasteiger charge is -2.14. The van der Waals surface area contributed by atoms with E-state index in [1.807, 2.05) is 19.1 Å². The van der Waals surface area contributed by atoms with E-state index in [9.17, 15) is 9.59 Å². The number of rotatable bonds is 11. The maximum Gasteiger partial charge on any atom is 0.260 e. The van der Waals surface area contributed by atoms with Gasteiger partial charge in [0.25, 0.3) is 5.91 Å². The molecular formula is C24H30N8O2. The summed E-state index contributed by atoms with van der Waals surface area (Å²) >= 11 is 0. The Morgan fingerprint density at radius 3 is 2.47 bits per heavy atom. The van der Waals surface area contributed by atoms with Crippen molar-refractivity contribution >= 4 is 35.0 Å². The predicted molar refractivity (Wildman–Crippen MR) is 134 cm³/mol. The summed E-state index contributed by atoms with van der Waals surface area (Å²) in [5, 5.41) is 11.9. The third kappa shape index (κ3) is 7.24. The van der Waals surface area contributed by atoms with Crippen LogP contribution in [0.5, 0.6) is 0 Å². The number of nitrogens with two attached hydrogens (primary N) is 1. The molecule has 0 saturated carbocycles. The van der Waals surface area contributed by atoms with Gasteiger partial charge < -0.3 is 27.0 Å². The number of nitrogens with zero attached hydrogens (tertiary/aromatic N) is 3. The van der Waals surface area contributed by atoms with Crippen LogP contribution in [-0.4, -0.2) is 45.9 Å². The molecule has 2 heterocycles. The molecule has 0 aliphatic carbocycles. The van der Waals surface area contributed by atoms with Crippen molar-refractivity contribution in [3.63, 3.8) is 0 Å². The fourth-order valence-electron chi connectivity index (χ4n) is 3.01. The van der Waals surface area contributed by atoms with Crippen LogP contribution < -0.4 is 27.0 Å². The monoisotopic (exact) mass is 462 g/mol. The van der Waals surface area contributed by atoms with Crippen molar-refractivity contribution in [3.8, 4) is 0 Å². The Morgan fingerprint density at radius 2 is 1.76 bits per heavy atom. The zero-order valence-electron chi connectivity index (χ0n) is 19.3. The van der Waals surface area contributed by atoms with Crippen LogP contribution in [0.4, 0.5) is 23.1 Å². The number of hydrogen-bond acceptors (Lipinski definition) is 8. The highest BCUT2D eigenvalue weighted by Crippen LogP contribution is 2.19. The molecule has 10 nitrogen and oxygen atoms in total. The Kier molecular flexibility index (Phi) is 8.87. The minimum Gasteiger partial charge on any atom is -0.369 e. The van der Waals surface area contributed by atoms with E-state index >= 15 is 0 Å². The summed E-state index contributed by atoms with van der Waals surface area (Å²) in [6.07, 6.45) is 6.68. The van der Waals surface area contributed by atoms with E-state index in [1.54, 1.807) is 43.6 Å². The maximum atomic E-state index is 13.0. The molecule has 0 aliphatic rings. The van der Waals surface area contributed by atoms with Gasteiger partial charge in [0, 0.05) is 43.1 Å². The molecule has 0 unspecified atom stereocenters. The number of hydrogen-bond donors (Lipinski definition) is 5. The molecular weight excluding hydrogens is 432 g/mol. The molecule has 1 atom stereocenters. The molecule has 2 amide bonds. The molecule has 10 heteroatoms. The number of amides is 2. The third-order valence-corrected chi connectivity index (χ3v) is 4.82. The molecule has 3 aromatic rings. The van der Waals surface area contributed by atoms with Crippen LogP contribution in [0.25, 0.3) is 0 Å². The molecule has 2 aromatic heterocycles. The van der Waals surface area contributed by atoms with Crippen LogP contribution in [0.15, 0.2) is 55.0 Å². The number of benzene rings is 1. The summed E-state index contributed by atoms with van der Waals surface area (Å²) in [5.41, 5.74) is 8.13. The van der Waals surface area contributed by atoms with Gasteiger partial charge in [-0.3, -0.25) is 14.6 Å². The van der Waals surface area contributed by atoms with Crippen LogP contribution in [0, 0.1) is 0 Å². The van der Waals surface area contributed by atoms with Crippen molar-refractivity contribution in [1.82, 2.24) is 15.0 Å². The first-order valence-electron chi connectivity index (χ1n) is 11.2. The lowest BCUT2D eigenvalue weighted by Crippen LogP contribution is -2.32. The first-order chi connectivity index (χ1) is 16.5. The molecule has 0 bridgehead atoms. The quantitative estimate of drug-likeness (QED) is 0.292. The fraction of sp³-hybridized carbons (Fsp3) is 0.292. The molecule has 34 heavy (non-hydrogen) atoms. The average Bonchev–Trinajstić information content (AvgIpc) is 2.83. The van der Waals surface area contributed by atoms with Gasteiger partial charge in [-0.25, -0.2) is 4.98 Å². The van der Waals surface area contributed by atoms with Gasteiger partial charge >= 0.3 is 0 Å². The largest absolute Gasteiger partial charge is 0.369 e. The van der Waals surface area contributed by atoms with Crippen LogP contribution in [0.2, 0.25) is 0 Å². The first kappa shape index (κ1) is 24.6. The number of carbonyl (C=O) groups is 2. The Balaban J connectivity index is 1.69. The highest BCUT2D eigenvalue weighted by molar-refractivity contribution is 6.07. The topological polar surface area (TPSA) is 147 Å². The van der Waals surface area contributed by atoms with Gasteiger partial charge in [-0.2, -0.15) is 4.98 Å². The molecule has 0 radical (unpaired) electrons. The predicted octanol–water partition coefficient (Wildman–Crippen LogP) is 2.89. The van der Waals surface area contributed by atoms with E-state index in [0.717, 1.165) is 18.4 Å². The molecule has 0 saturated heterocycles. The standard InChI is InChI=1S/C24H30N8O2/c1-3-10-27-21-20(15-29-24(32-21)28-13-9-17-7-11-26-12-8-17)23(34)31-19-6-4-5-18(14-19)30-22(33)16(2)25/h4-8,11-12,14-16H,3,9-10,13,25H2,1-2H3,(H,30,33)(H,31,34)(H2,27,28,29,32)/t16-/m0/s1. The van der Waals surface area contributed by atoms with Crippen molar-refractivity contribution in [2.24, 2.45) is 5.73 Å². The van der Waals surface area contributed by atoms with E-state index in [1.165, 1.54) is 6.20 Å². The van der Waals surface area contributed by atoms with E-state index in [-0.39, 0.29) is 11.8 Å². The summed E-state index contributed by atoms with van der Waals surface area (Å²) in [6, 6.07) is 10.1. The van der Waals surface area contributed by atoms with Gasteiger partial charge in [0.1, 0.15) is 11.4 Å². The van der Waals surface area contributed by atoms with Crippen LogP contribution in [-0.2, 0) is 11.2 Å². The maximum absolute atomic E-state index is 13.0. The number of anilines is 4. The second kappa shape index (κ2) is 12.3.